The Labute approximate surface area is 94.8 Å². The molecule has 0 spiro atoms. The molecular weight excluding hydrogens is 186 g/mol. The zero-order chi connectivity index (χ0) is 11.4. The molecule has 0 aromatic carbocycles. The molecule has 1 saturated carbocycles. The molecule has 1 N–H and O–H groups in total. The lowest BCUT2D eigenvalue weighted by Crippen LogP contribution is -2.45. The van der Waals surface area contributed by atoms with Crippen LogP contribution in [0.25, 0.3) is 0 Å². The molecule has 1 aliphatic rings. The molecule has 0 heterocycles. The van der Waals surface area contributed by atoms with Crippen LogP contribution < -0.4 is 5.32 Å². The van der Waals surface area contributed by atoms with E-state index >= 15 is 0 Å². The van der Waals surface area contributed by atoms with Crippen LogP contribution in [0.1, 0.15) is 59.3 Å². The van der Waals surface area contributed by atoms with Crippen LogP contribution in [-0.4, -0.2) is 24.8 Å². The number of methoxy groups -OCH3 is 1. The van der Waals surface area contributed by atoms with Gasteiger partial charge < -0.3 is 10.1 Å². The van der Waals surface area contributed by atoms with E-state index in [1.54, 1.807) is 7.11 Å². The van der Waals surface area contributed by atoms with Crippen LogP contribution in [-0.2, 0) is 4.74 Å². The van der Waals surface area contributed by atoms with Crippen LogP contribution in [0.5, 0.6) is 0 Å². The topological polar surface area (TPSA) is 21.3 Å². The molecule has 1 fully saturated rings. The second-order valence-corrected chi connectivity index (χ2v) is 5.76. The fraction of sp³-hybridized carbons (Fsp3) is 1.00. The van der Waals surface area contributed by atoms with E-state index in [0.29, 0.717) is 5.54 Å². The normalized spacial score (nSPS) is 21.6. The van der Waals surface area contributed by atoms with E-state index in [9.17, 15) is 0 Å². The van der Waals surface area contributed by atoms with E-state index in [-0.39, 0.29) is 5.60 Å². The van der Waals surface area contributed by atoms with Gasteiger partial charge in [-0.1, -0.05) is 19.3 Å². The average Bonchev–Trinajstić information content (AvgIpc) is 2.18. The Bertz CT molecular complexity index is 183. The number of hydrogen-bond donors (Lipinski definition) is 1. The third-order valence-corrected chi connectivity index (χ3v) is 3.79. The Kier molecular flexibility index (Phi) is 4.60. The first-order chi connectivity index (χ1) is 6.97. The second-order valence-electron chi connectivity index (χ2n) is 5.76. The minimum atomic E-state index is 0.0119. The number of nitrogens with one attached hydrogen (secondary N) is 1. The summed E-state index contributed by atoms with van der Waals surface area (Å²) in [5, 5.41) is 3.71. The Morgan fingerprint density at radius 2 is 1.80 bits per heavy atom. The molecule has 0 aliphatic heterocycles. The van der Waals surface area contributed by atoms with Crippen molar-refractivity contribution in [3.8, 4) is 0 Å². The first-order valence-corrected chi connectivity index (χ1v) is 6.28. The molecule has 0 atom stereocenters. The highest BCUT2D eigenvalue weighted by molar-refractivity contribution is 4.86. The standard InChI is InChI=1S/C13H27NO/c1-12(2,15-4)10-11-14-13(3)8-6-5-7-9-13/h14H,5-11H2,1-4H3. The predicted octanol–water partition coefficient (Wildman–Crippen LogP) is 3.11. The zero-order valence-electron chi connectivity index (χ0n) is 10.9. The van der Waals surface area contributed by atoms with Gasteiger partial charge in [0.1, 0.15) is 0 Å². The summed E-state index contributed by atoms with van der Waals surface area (Å²) in [7, 11) is 1.79. The molecule has 0 aromatic rings. The zero-order valence-corrected chi connectivity index (χ0v) is 10.9. The van der Waals surface area contributed by atoms with Gasteiger partial charge in [-0.2, -0.15) is 0 Å². The Morgan fingerprint density at radius 3 is 2.33 bits per heavy atom. The highest BCUT2D eigenvalue weighted by Gasteiger charge is 2.26. The SMILES string of the molecule is COC(C)(C)CCNC1(C)CCCCC1. The molecule has 15 heavy (non-hydrogen) atoms. The molecule has 0 aromatic heterocycles. The predicted molar refractivity (Wildman–Crippen MR) is 65.2 cm³/mol. The molecule has 0 unspecified atom stereocenters. The first kappa shape index (κ1) is 13.0. The summed E-state index contributed by atoms with van der Waals surface area (Å²) >= 11 is 0. The summed E-state index contributed by atoms with van der Waals surface area (Å²) in [4.78, 5) is 0. The highest BCUT2D eigenvalue weighted by Crippen LogP contribution is 2.27. The molecule has 0 bridgehead atoms. The van der Waals surface area contributed by atoms with Gasteiger partial charge in [-0.25, -0.2) is 0 Å². The van der Waals surface area contributed by atoms with Gasteiger partial charge >= 0.3 is 0 Å². The fourth-order valence-corrected chi connectivity index (χ4v) is 2.28. The summed E-state index contributed by atoms with van der Waals surface area (Å²) in [6, 6.07) is 0. The van der Waals surface area contributed by atoms with Gasteiger partial charge in [0.25, 0.3) is 0 Å². The summed E-state index contributed by atoms with van der Waals surface area (Å²) in [6.45, 7) is 7.74. The monoisotopic (exact) mass is 213 g/mol. The molecule has 90 valence electrons. The molecule has 1 aliphatic carbocycles. The van der Waals surface area contributed by atoms with Crippen molar-refractivity contribution in [3.05, 3.63) is 0 Å². The Morgan fingerprint density at radius 1 is 1.20 bits per heavy atom. The van der Waals surface area contributed by atoms with Crippen molar-refractivity contribution in [2.24, 2.45) is 0 Å². The lowest BCUT2D eigenvalue weighted by molar-refractivity contribution is 0.0138. The molecular formula is C13H27NO. The Balaban J connectivity index is 2.24. The van der Waals surface area contributed by atoms with Crippen LogP contribution in [0, 0.1) is 0 Å². The number of rotatable bonds is 5. The molecule has 2 heteroatoms. The lowest BCUT2D eigenvalue weighted by Gasteiger charge is -2.36. The highest BCUT2D eigenvalue weighted by atomic mass is 16.5. The van der Waals surface area contributed by atoms with E-state index in [4.69, 9.17) is 4.74 Å². The average molecular weight is 213 g/mol. The van der Waals surface area contributed by atoms with E-state index < -0.39 is 0 Å². The minimum absolute atomic E-state index is 0.0119. The lowest BCUT2D eigenvalue weighted by atomic mass is 9.83. The van der Waals surface area contributed by atoms with Crippen molar-refractivity contribution in [2.45, 2.75) is 70.4 Å². The van der Waals surface area contributed by atoms with Crippen LogP contribution in [0.3, 0.4) is 0 Å². The van der Waals surface area contributed by atoms with Gasteiger partial charge in [0.05, 0.1) is 5.60 Å². The first-order valence-electron chi connectivity index (χ1n) is 6.28. The van der Waals surface area contributed by atoms with Crippen LogP contribution in [0.15, 0.2) is 0 Å². The minimum Gasteiger partial charge on any atom is -0.379 e. The third kappa shape index (κ3) is 4.52. The maximum absolute atomic E-state index is 5.42. The summed E-state index contributed by atoms with van der Waals surface area (Å²) < 4.78 is 5.42. The van der Waals surface area contributed by atoms with Crippen molar-refractivity contribution >= 4 is 0 Å². The van der Waals surface area contributed by atoms with E-state index in [0.717, 1.165) is 13.0 Å². The molecule has 1 rings (SSSR count). The third-order valence-electron chi connectivity index (χ3n) is 3.79. The van der Waals surface area contributed by atoms with Crippen molar-refractivity contribution < 1.29 is 4.74 Å². The van der Waals surface area contributed by atoms with E-state index in [1.807, 2.05) is 0 Å². The van der Waals surface area contributed by atoms with Crippen LogP contribution in [0.2, 0.25) is 0 Å². The van der Waals surface area contributed by atoms with Gasteiger partial charge in [0.2, 0.25) is 0 Å². The van der Waals surface area contributed by atoms with Crippen LogP contribution >= 0.6 is 0 Å². The number of ether oxygens (including phenoxy) is 1. The van der Waals surface area contributed by atoms with Gasteiger partial charge in [-0.05, 0) is 46.6 Å². The Hall–Kier alpha value is -0.0800. The van der Waals surface area contributed by atoms with Crippen molar-refractivity contribution in [1.29, 1.82) is 0 Å². The van der Waals surface area contributed by atoms with Gasteiger partial charge in [-0.15, -0.1) is 0 Å². The second kappa shape index (κ2) is 5.31. The summed E-state index contributed by atoms with van der Waals surface area (Å²) in [5.41, 5.74) is 0.403. The van der Waals surface area contributed by atoms with Gasteiger partial charge in [-0.3, -0.25) is 0 Å². The molecule has 0 saturated heterocycles. The largest absolute Gasteiger partial charge is 0.379 e. The van der Waals surface area contributed by atoms with Crippen molar-refractivity contribution in [2.75, 3.05) is 13.7 Å². The molecule has 0 radical (unpaired) electrons. The molecule has 0 amide bonds. The van der Waals surface area contributed by atoms with Gasteiger partial charge in [0.15, 0.2) is 0 Å². The molecule has 2 nitrogen and oxygen atoms in total. The summed E-state index contributed by atoms with van der Waals surface area (Å²) in [5.74, 6) is 0. The fourth-order valence-electron chi connectivity index (χ4n) is 2.28. The quantitative estimate of drug-likeness (QED) is 0.757. The van der Waals surface area contributed by atoms with E-state index in [2.05, 4.69) is 26.1 Å². The maximum atomic E-state index is 5.42. The summed E-state index contributed by atoms with van der Waals surface area (Å²) in [6.07, 6.45) is 7.94. The van der Waals surface area contributed by atoms with Crippen LogP contribution in [0.4, 0.5) is 0 Å². The number of hydrogen-bond acceptors (Lipinski definition) is 2. The van der Waals surface area contributed by atoms with Crippen molar-refractivity contribution in [1.82, 2.24) is 5.32 Å². The van der Waals surface area contributed by atoms with Crippen molar-refractivity contribution in [3.63, 3.8) is 0 Å². The maximum Gasteiger partial charge on any atom is 0.0634 e. The smallest absolute Gasteiger partial charge is 0.0634 e. The van der Waals surface area contributed by atoms with Gasteiger partial charge in [0, 0.05) is 12.6 Å². The van der Waals surface area contributed by atoms with E-state index in [1.165, 1.54) is 32.1 Å².